The molecule has 0 aliphatic carbocycles. The molecule has 6 heteroatoms. The molecule has 118 valence electrons. The first-order chi connectivity index (χ1) is 11.6. The van der Waals surface area contributed by atoms with Gasteiger partial charge in [0.2, 0.25) is 5.56 Å². The number of pyridine rings is 2. The fourth-order valence-corrected chi connectivity index (χ4v) is 2.69. The van der Waals surface area contributed by atoms with Gasteiger partial charge in [-0.25, -0.2) is 14.4 Å². The third-order valence-corrected chi connectivity index (χ3v) is 3.83. The summed E-state index contributed by atoms with van der Waals surface area (Å²) in [5.74, 6) is 0.237. The van der Waals surface area contributed by atoms with Crippen LogP contribution in [0.2, 0.25) is 0 Å². The summed E-state index contributed by atoms with van der Waals surface area (Å²) in [6.07, 6.45) is 3.39. The monoisotopic (exact) mass is 320 g/mol. The van der Waals surface area contributed by atoms with E-state index in [0.29, 0.717) is 22.6 Å². The van der Waals surface area contributed by atoms with Crippen molar-refractivity contribution < 1.29 is 4.39 Å². The molecule has 0 aliphatic heterocycles. The largest absolute Gasteiger partial charge is 0.316 e. The summed E-state index contributed by atoms with van der Waals surface area (Å²) >= 11 is 0. The first-order valence-electron chi connectivity index (χ1n) is 7.40. The van der Waals surface area contributed by atoms with Gasteiger partial charge in [0.15, 0.2) is 5.65 Å². The lowest BCUT2D eigenvalue weighted by Crippen LogP contribution is -2.15. The molecule has 0 unspecified atom stereocenters. The van der Waals surface area contributed by atoms with Crippen LogP contribution in [-0.2, 0) is 7.05 Å². The molecule has 0 amide bonds. The Kier molecular flexibility index (Phi) is 3.23. The van der Waals surface area contributed by atoms with Crippen LogP contribution >= 0.6 is 0 Å². The van der Waals surface area contributed by atoms with Crippen molar-refractivity contribution in [2.45, 2.75) is 0 Å². The van der Waals surface area contributed by atoms with Gasteiger partial charge in [0.05, 0.1) is 5.69 Å². The van der Waals surface area contributed by atoms with Gasteiger partial charge >= 0.3 is 0 Å². The number of benzene rings is 1. The molecule has 3 aromatic heterocycles. The van der Waals surface area contributed by atoms with E-state index in [1.54, 1.807) is 43.7 Å². The van der Waals surface area contributed by atoms with Crippen LogP contribution in [0.25, 0.3) is 28.2 Å². The number of fused-ring (bicyclic) bond motifs is 1. The van der Waals surface area contributed by atoms with Crippen molar-refractivity contribution in [3.8, 4) is 17.1 Å². The Labute approximate surface area is 136 Å². The van der Waals surface area contributed by atoms with E-state index in [0.717, 1.165) is 5.69 Å². The molecule has 4 rings (SSSR count). The molecule has 4 aromatic rings. The Morgan fingerprint density at radius 1 is 1.08 bits per heavy atom. The lowest BCUT2D eigenvalue weighted by atomic mass is 10.2. The Morgan fingerprint density at radius 3 is 2.75 bits per heavy atom. The molecule has 0 fully saturated rings. The molecule has 1 aromatic carbocycles. The lowest BCUT2D eigenvalue weighted by Gasteiger charge is -2.10. The smallest absolute Gasteiger partial charge is 0.250 e. The van der Waals surface area contributed by atoms with Crippen molar-refractivity contribution in [2.75, 3.05) is 0 Å². The minimum atomic E-state index is -0.334. The summed E-state index contributed by atoms with van der Waals surface area (Å²) in [5.41, 5.74) is 2.61. The zero-order valence-electron chi connectivity index (χ0n) is 12.8. The van der Waals surface area contributed by atoms with Gasteiger partial charge in [-0.15, -0.1) is 0 Å². The number of nitrogens with zero attached hydrogens (tertiary/aromatic N) is 4. The topological polar surface area (TPSA) is 52.7 Å². The number of rotatable bonds is 2. The fraction of sp³-hybridized carbons (Fsp3) is 0.0556. The Balaban J connectivity index is 2.07. The van der Waals surface area contributed by atoms with Gasteiger partial charge in [0.1, 0.15) is 17.2 Å². The van der Waals surface area contributed by atoms with Gasteiger partial charge in [-0.2, -0.15) is 0 Å². The molecule has 3 heterocycles. The first-order valence-corrected chi connectivity index (χ1v) is 7.40. The summed E-state index contributed by atoms with van der Waals surface area (Å²) in [5, 5.41) is 0. The third-order valence-electron chi connectivity index (χ3n) is 3.83. The van der Waals surface area contributed by atoms with E-state index in [1.807, 2.05) is 10.6 Å². The molecule has 0 radical (unpaired) electrons. The second kappa shape index (κ2) is 5.42. The Bertz CT molecular complexity index is 1110. The minimum absolute atomic E-state index is 0.108. The average molecular weight is 320 g/mol. The average Bonchev–Trinajstić information content (AvgIpc) is 2.97. The molecule has 0 N–H and O–H groups in total. The predicted molar refractivity (Wildman–Crippen MR) is 89.5 cm³/mol. The molecule has 0 saturated heterocycles. The number of aromatic nitrogens is 4. The van der Waals surface area contributed by atoms with E-state index < -0.39 is 0 Å². The molecule has 24 heavy (non-hydrogen) atoms. The standard InChI is InChI=1S/C18H13FN4O/c1-22-11-14(7-8-16(22)24)23-17(12-4-2-5-13(19)10-12)21-15-6-3-9-20-18(15)23/h2-11H,1H3. The van der Waals surface area contributed by atoms with Gasteiger partial charge in [-0.05, 0) is 30.3 Å². The highest BCUT2D eigenvalue weighted by molar-refractivity contribution is 5.79. The van der Waals surface area contributed by atoms with Crippen LogP contribution in [0.3, 0.4) is 0 Å². The normalized spacial score (nSPS) is 11.1. The van der Waals surface area contributed by atoms with E-state index in [9.17, 15) is 9.18 Å². The van der Waals surface area contributed by atoms with Crippen molar-refractivity contribution in [3.63, 3.8) is 0 Å². The van der Waals surface area contributed by atoms with E-state index in [2.05, 4.69) is 9.97 Å². The van der Waals surface area contributed by atoms with Gasteiger partial charge < -0.3 is 4.57 Å². The maximum atomic E-state index is 13.7. The molecule has 0 bridgehead atoms. The zero-order chi connectivity index (χ0) is 16.7. The van der Waals surface area contributed by atoms with Crippen molar-refractivity contribution >= 4 is 11.2 Å². The first kappa shape index (κ1) is 14.3. The highest BCUT2D eigenvalue weighted by atomic mass is 19.1. The summed E-state index contributed by atoms with van der Waals surface area (Å²) in [7, 11) is 1.68. The summed E-state index contributed by atoms with van der Waals surface area (Å²) < 4.78 is 17.0. The van der Waals surface area contributed by atoms with Crippen molar-refractivity contribution in [3.05, 3.63) is 77.1 Å². The molecule has 0 spiro atoms. The molecule has 0 atom stereocenters. The van der Waals surface area contributed by atoms with E-state index in [1.165, 1.54) is 22.8 Å². The van der Waals surface area contributed by atoms with E-state index >= 15 is 0 Å². The molecular formula is C18H13FN4O. The predicted octanol–water partition coefficient (Wildman–Crippen LogP) is 2.93. The van der Waals surface area contributed by atoms with Crippen LogP contribution in [0, 0.1) is 5.82 Å². The molecule has 0 saturated carbocycles. The van der Waals surface area contributed by atoms with Gasteiger partial charge in [0, 0.05) is 31.1 Å². The zero-order valence-corrected chi connectivity index (χ0v) is 12.8. The number of hydrogen-bond donors (Lipinski definition) is 0. The quantitative estimate of drug-likeness (QED) is 0.570. The second-order valence-electron chi connectivity index (χ2n) is 5.46. The summed E-state index contributed by atoms with van der Waals surface area (Å²) in [6, 6.07) is 13.1. The van der Waals surface area contributed by atoms with Crippen molar-refractivity contribution in [2.24, 2.45) is 7.05 Å². The van der Waals surface area contributed by atoms with Crippen LogP contribution in [0.1, 0.15) is 0 Å². The van der Waals surface area contributed by atoms with Crippen LogP contribution in [0.15, 0.2) is 65.7 Å². The summed E-state index contributed by atoms with van der Waals surface area (Å²) in [4.78, 5) is 20.7. The van der Waals surface area contributed by atoms with Gasteiger partial charge in [-0.3, -0.25) is 9.36 Å². The SMILES string of the molecule is Cn1cc(-n2c(-c3cccc(F)c3)nc3cccnc32)ccc1=O. The highest BCUT2D eigenvalue weighted by Crippen LogP contribution is 2.27. The van der Waals surface area contributed by atoms with Crippen molar-refractivity contribution in [1.82, 2.24) is 19.1 Å². The maximum absolute atomic E-state index is 13.7. The van der Waals surface area contributed by atoms with E-state index in [-0.39, 0.29) is 11.4 Å². The number of imidazole rings is 1. The van der Waals surface area contributed by atoms with Crippen LogP contribution in [0.5, 0.6) is 0 Å². The third kappa shape index (κ3) is 2.28. The van der Waals surface area contributed by atoms with Gasteiger partial charge in [0.25, 0.3) is 0 Å². The summed E-state index contributed by atoms with van der Waals surface area (Å²) in [6.45, 7) is 0. The van der Waals surface area contributed by atoms with Crippen molar-refractivity contribution in [1.29, 1.82) is 0 Å². The second-order valence-corrected chi connectivity index (χ2v) is 5.46. The van der Waals surface area contributed by atoms with Crippen LogP contribution in [0.4, 0.5) is 4.39 Å². The molecule has 5 nitrogen and oxygen atoms in total. The van der Waals surface area contributed by atoms with Gasteiger partial charge in [-0.1, -0.05) is 12.1 Å². The molecular weight excluding hydrogens is 307 g/mol. The van der Waals surface area contributed by atoms with Crippen LogP contribution < -0.4 is 5.56 Å². The molecule has 0 aliphatic rings. The number of hydrogen-bond acceptors (Lipinski definition) is 3. The lowest BCUT2D eigenvalue weighted by molar-refractivity contribution is 0.628. The Hall–Kier alpha value is -3.28. The van der Waals surface area contributed by atoms with Crippen LogP contribution in [-0.4, -0.2) is 19.1 Å². The number of aryl methyl sites for hydroxylation is 1. The Morgan fingerprint density at radius 2 is 1.96 bits per heavy atom. The number of halogens is 1. The van der Waals surface area contributed by atoms with E-state index in [4.69, 9.17) is 0 Å². The highest BCUT2D eigenvalue weighted by Gasteiger charge is 2.16. The maximum Gasteiger partial charge on any atom is 0.250 e. The minimum Gasteiger partial charge on any atom is -0.316 e. The fourth-order valence-electron chi connectivity index (χ4n) is 2.69.